The largest absolute Gasteiger partial charge is 0.246 e. The van der Waals surface area contributed by atoms with Crippen LogP contribution in [0, 0.1) is 6.92 Å². The average Bonchev–Trinajstić information content (AvgIpc) is 2.55. The number of piperidine rings is 1. The van der Waals surface area contributed by atoms with E-state index < -0.39 is 16.2 Å². The molecular formula is C18H20FNO2S. The second-order valence-electron chi connectivity index (χ2n) is 6.08. The average molecular weight is 333 g/mol. The quantitative estimate of drug-likeness (QED) is 0.862. The number of aryl methyl sites for hydroxylation is 1. The zero-order valence-corrected chi connectivity index (χ0v) is 13.8. The molecule has 0 bridgehead atoms. The molecule has 2 aromatic carbocycles. The van der Waals surface area contributed by atoms with Gasteiger partial charge in [0.25, 0.3) is 0 Å². The summed E-state index contributed by atoms with van der Waals surface area (Å²) < 4.78 is 41.0. The fraction of sp³-hybridized carbons (Fsp3) is 0.333. The highest BCUT2D eigenvalue weighted by atomic mass is 32.2. The van der Waals surface area contributed by atoms with Crippen LogP contribution in [0.1, 0.15) is 23.5 Å². The first kappa shape index (κ1) is 16.1. The van der Waals surface area contributed by atoms with Crippen LogP contribution in [0.15, 0.2) is 59.5 Å². The third-order valence-electron chi connectivity index (χ3n) is 4.30. The molecule has 0 N–H and O–H groups in total. The van der Waals surface area contributed by atoms with Gasteiger partial charge in [-0.15, -0.1) is 0 Å². The number of rotatable bonds is 3. The molecular weight excluding hydrogens is 313 g/mol. The Morgan fingerprint density at radius 2 is 1.65 bits per heavy atom. The highest BCUT2D eigenvalue weighted by molar-refractivity contribution is 7.89. The molecule has 2 aromatic rings. The summed E-state index contributed by atoms with van der Waals surface area (Å²) in [6, 6.07) is 16.3. The lowest BCUT2D eigenvalue weighted by Crippen LogP contribution is -2.44. The number of hydrogen-bond donors (Lipinski definition) is 0. The Labute approximate surface area is 136 Å². The van der Waals surface area contributed by atoms with Gasteiger partial charge in [0.15, 0.2) is 0 Å². The van der Waals surface area contributed by atoms with E-state index in [2.05, 4.69) is 0 Å². The second kappa shape index (κ2) is 6.42. The van der Waals surface area contributed by atoms with Gasteiger partial charge in [0.1, 0.15) is 6.17 Å². The molecule has 122 valence electrons. The molecule has 2 atom stereocenters. The molecule has 1 fully saturated rings. The monoisotopic (exact) mass is 333 g/mol. The third-order valence-corrected chi connectivity index (χ3v) is 6.14. The lowest BCUT2D eigenvalue weighted by atomic mass is 9.91. The van der Waals surface area contributed by atoms with Crippen LogP contribution >= 0.6 is 0 Å². The summed E-state index contributed by atoms with van der Waals surface area (Å²) in [6.07, 6.45) is -0.779. The SMILES string of the molecule is Cc1ccc(S(=O)(=O)N2CC(c3ccccc3)C[C@@H](F)C2)cc1. The summed E-state index contributed by atoms with van der Waals surface area (Å²) in [5.74, 6) is -0.111. The van der Waals surface area contributed by atoms with Crippen LogP contribution in [0.3, 0.4) is 0 Å². The molecule has 1 aliphatic heterocycles. The van der Waals surface area contributed by atoms with Crippen molar-refractivity contribution in [2.75, 3.05) is 13.1 Å². The van der Waals surface area contributed by atoms with E-state index in [4.69, 9.17) is 0 Å². The van der Waals surface area contributed by atoms with E-state index in [0.717, 1.165) is 11.1 Å². The van der Waals surface area contributed by atoms with Crippen LogP contribution in [0.5, 0.6) is 0 Å². The first-order valence-electron chi connectivity index (χ1n) is 7.72. The molecule has 0 amide bonds. The Balaban J connectivity index is 1.88. The molecule has 0 saturated carbocycles. The number of sulfonamides is 1. The molecule has 1 unspecified atom stereocenters. The van der Waals surface area contributed by atoms with E-state index >= 15 is 0 Å². The number of alkyl halides is 1. The molecule has 3 rings (SSSR count). The minimum Gasteiger partial charge on any atom is -0.246 e. The van der Waals surface area contributed by atoms with Gasteiger partial charge in [0, 0.05) is 19.0 Å². The Bertz CT molecular complexity index is 759. The molecule has 0 aliphatic carbocycles. The number of halogens is 1. The van der Waals surface area contributed by atoms with Crippen LogP contribution in [0.25, 0.3) is 0 Å². The van der Waals surface area contributed by atoms with Gasteiger partial charge in [-0.1, -0.05) is 48.0 Å². The van der Waals surface area contributed by atoms with Crippen molar-refractivity contribution in [3.63, 3.8) is 0 Å². The molecule has 0 aromatic heterocycles. The standard InChI is InChI=1S/C18H20FNO2S/c1-14-7-9-18(10-8-14)23(21,22)20-12-16(11-17(19)13-20)15-5-3-2-4-6-15/h2-10,16-17H,11-13H2,1H3/t16?,17-/m1/s1. The summed E-state index contributed by atoms with van der Waals surface area (Å²) >= 11 is 0. The zero-order chi connectivity index (χ0) is 16.4. The van der Waals surface area contributed by atoms with Gasteiger partial charge in [-0.3, -0.25) is 0 Å². The number of hydrogen-bond acceptors (Lipinski definition) is 2. The third kappa shape index (κ3) is 3.46. The van der Waals surface area contributed by atoms with Gasteiger partial charge < -0.3 is 0 Å². The van der Waals surface area contributed by atoms with Crippen LogP contribution in [-0.4, -0.2) is 32.0 Å². The Kier molecular flexibility index (Phi) is 4.50. The predicted molar refractivity (Wildman–Crippen MR) is 88.6 cm³/mol. The normalized spacial score (nSPS) is 22.9. The summed E-state index contributed by atoms with van der Waals surface area (Å²) in [5, 5.41) is 0. The van der Waals surface area contributed by atoms with Gasteiger partial charge in [0.2, 0.25) is 10.0 Å². The highest BCUT2D eigenvalue weighted by Gasteiger charge is 2.35. The van der Waals surface area contributed by atoms with Crippen molar-refractivity contribution in [2.24, 2.45) is 0 Å². The van der Waals surface area contributed by atoms with Gasteiger partial charge >= 0.3 is 0 Å². The topological polar surface area (TPSA) is 37.4 Å². The maximum absolute atomic E-state index is 14.2. The molecule has 1 heterocycles. The van der Waals surface area contributed by atoms with E-state index in [-0.39, 0.29) is 17.4 Å². The van der Waals surface area contributed by atoms with Gasteiger partial charge in [-0.25, -0.2) is 12.8 Å². The smallest absolute Gasteiger partial charge is 0.243 e. The second-order valence-corrected chi connectivity index (χ2v) is 8.01. The van der Waals surface area contributed by atoms with Crippen molar-refractivity contribution in [3.8, 4) is 0 Å². The zero-order valence-electron chi connectivity index (χ0n) is 13.0. The van der Waals surface area contributed by atoms with Crippen molar-refractivity contribution in [1.82, 2.24) is 4.31 Å². The molecule has 23 heavy (non-hydrogen) atoms. The highest BCUT2D eigenvalue weighted by Crippen LogP contribution is 2.31. The summed E-state index contributed by atoms with van der Waals surface area (Å²) in [6.45, 7) is 2.15. The molecule has 3 nitrogen and oxygen atoms in total. The van der Waals surface area contributed by atoms with E-state index in [1.165, 1.54) is 4.31 Å². The molecule has 1 saturated heterocycles. The summed E-state index contributed by atoms with van der Waals surface area (Å²) in [5.41, 5.74) is 1.98. The fourth-order valence-corrected chi connectivity index (χ4v) is 4.53. The lowest BCUT2D eigenvalue weighted by Gasteiger charge is -2.34. The van der Waals surface area contributed by atoms with Gasteiger partial charge in [0.05, 0.1) is 4.90 Å². The van der Waals surface area contributed by atoms with Gasteiger partial charge in [-0.2, -0.15) is 4.31 Å². The maximum atomic E-state index is 14.2. The Hall–Kier alpha value is -1.72. The Morgan fingerprint density at radius 3 is 2.30 bits per heavy atom. The van der Waals surface area contributed by atoms with E-state index in [1.807, 2.05) is 37.3 Å². The van der Waals surface area contributed by atoms with Crippen LogP contribution in [0.2, 0.25) is 0 Å². The molecule has 0 radical (unpaired) electrons. The minimum atomic E-state index is -3.66. The fourth-order valence-electron chi connectivity index (χ4n) is 3.02. The van der Waals surface area contributed by atoms with E-state index in [9.17, 15) is 12.8 Å². The van der Waals surface area contributed by atoms with Crippen molar-refractivity contribution < 1.29 is 12.8 Å². The van der Waals surface area contributed by atoms with Crippen molar-refractivity contribution in [1.29, 1.82) is 0 Å². The van der Waals surface area contributed by atoms with Crippen molar-refractivity contribution in [3.05, 3.63) is 65.7 Å². The van der Waals surface area contributed by atoms with Crippen LogP contribution < -0.4 is 0 Å². The minimum absolute atomic E-state index is 0.0699. The predicted octanol–water partition coefficient (Wildman–Crippen LogP) is 3.51. The summed E-state index contributed by atoms with van der Waals surface area (Å²) in [4.78, 5) is 0.226. The van der Waals surface area contributed by atoms with E-state index in [1.54, 1.807) is 24.3 Å². The van der Waals surface area contributed by atoms with Crippen LogP contribution in [0.4, 0.5) is 4.39 Å². The first-order chi connectivity index (χ1) is 11.0. The lowest BCUT2D eigenvalue weighted by molar-refractivity contribution is 0.184. The Morgan fingerprint density at radius 1 is 1.00 bits per heavy atom. The molecule has 5 heteroatoms. The molecule has 0 spiro atoms. The first-order valence-corrected chi connectivity index (χ1v) is 9.16. The summed E-state index contributed by atoms with van der Waals surface area (Å²) in [7, 11) is -3.66. The maximum Gasteiger partial charge on any atom is 0.243 e. The number of benzene rings is 2. The van der Waals surface area contributed by atoms with E-state index in [0.29, 0.717) is 13.0 Å². The van der Waals surface area contributed by atoms with Crippen molar-refractivity contribution >= 4 is 10.0 Å². The molecule has 1 aliphatic rings. The number of nitrogens with zero attached hydrogens (tertiary/aromatic N) is 1. The van der Waals surface area contributed by atoms with Crippen molar-refractivity contribution in [2.45, 2.75) is 30.3 Å². The van der Waals surface area contributed by atoms with Gasteiger partial charge in [-0.05, 0) is 31.0 Å². The van der Waals surface area contributed by atoms with Crippen LogP contribution in [-0.2, 0) is 10.0 Å².